The molecule has 1 N–H and O–H groups in total. The van der Waals surface area contributed by atoms with Crippen molar-refractivity contribution in [1.29, 1.82) is 0 Å². The lowest BCUT2D eigenvalue weighted by molar-refractivity contribution is -0.189. The number of nitrogens with zero attached hydrogens (tertiary/aromatic N) is 1. The lowest BCUT2D eigenvalue weighted by Gasteiger charge is -2.39. The van der Waals surface area contributed by atoms with Crippen molar-refractivity contribution in [3.8, 4) is 0 Å². The number of piperidine rings is 1. The number of amides is 2. The Kier molecular flexibility index (Phi) is 5.05. The number of urea groups is 1. The van der Waals surface area contributed by atoms with E-state index < -0.39 is 5.79 Å². The number of nitrogens with one attached hydrogen (secondary N) is 1. The van der Waals surface area contributed by atoms with E-state index in [2.05, 4.69) is 12.2 Å². The van der Waals surface area contributed by atoms with Gasteiger partial charge in [0.25, 0.3) is 0 Å². The second-order valence-electron chi connectivity index (χ2n) is 5.58. The van der Waals surface area contributed by atoms with E-state index in [4.69, 9.17) is 9.47 Å². The molecule has 19 heavy (non-hydrogen) atoms. The van der Waals surface area contributed by atoms with E-state index in [1.807, 2.05) is 11.8 Å². The van der Waals surface area contributed by atoms with Crippen molar-refractivity contribution in [2.45, 2.75) is 45.3 Å². The topological polar surface area (TPSA) is 50.8 Å². The molecule has 0 aromatic rings. The van der Waals surface area contributed by atoms with E-state index in [-0.39, 0.29) is 11.9 Å². The monoisotopic (exact) mass is 270 g/mol. The Labute approximate surface area is 115 Å². The van der Waals surface area contributed by atoms with E-state index in [9.17, 15) is 4.79 Å². The van der Waals surface area contributed by atoms with Gasteiger partial charge in [-0.2, -0.15) is 0 Å². The summed E-state index contributed by atoms with van der Waals surface area (Å²) in [6, 6.07) is 0.0553. The fourth-order valence-electron chi connectivity index (χ4n) is 2.84. The highest BCUT2D eigenvalue weighted by molar-refractivity contribution is 5.74. The van der Waals surface area contributed by atoms with Crippen LogP contribution in [-0.4, -0.2) is 49.6 Å². The van der Waals surface area contributed by atoms with Gasteiger partial charge in [0.05, 0.1) is 13.2 Å². The predicted molar refractivity (Wildman–Crippen MR) is 72.9 cm³/mol. The summed E-state index contributed by atoms with van der Waals surface area (Å²) < 4.78 is 11.5. The van der Waals surface area contributed by atoms with Crippen molar-refractivity contribution in [1.82, 2.24) is 10.2 Å². The molecule has 0 bridgehead atoms. The van der Waals surface area contributed by atoms with Crippen LogP contribution in [-0.2, 0) is 9.47 Å². The van der Waals surface area contributed by atoms with Crippen molar-refractivity contribution >= 4 is 6.03 Å². The number of hydrogen-bond donors (Lipinski definition) is 1. The lowest BCUT2D eigenvalue weighted by Crippen LogP contribution is -2.51. The van der Waals surface area contributed by atoms with E-state index in [0.29, 0.717) is 13.2 Å². The summed E-state index contributed by atoms with van der Waals surface area (Å²) in [5, 5.41) is 2.98. The van der Waals surface area contributed by atoms with Gasteiger partial charge in [0.1, 0.15) is 0 Å². The first kappa shape index (κ1) is 14.6. The molecule has 2 amide bonds. The minimum Gasteiger partial charge on any atom is -0.347 e. The number of rotatable bonds is 4. The molecule has 2 heterocycles. The van der Waals surface area contributed by atoms with E-state index in [0.717, 1.165) is 45.3 Å². The van der Waals surface area contributed by atoms with Crippen LogP contribution in [0.1, 0.15) is 39.5 Å². The van der Waals surface area contributed by atoms with Gasteiger partial charge in [0, 0.05) is 25.6 Å². The average Bonchev–Trinajstić information content (AvgIpc) is 2.87. The third-order valence-electron chi connectivity index (χ3n) is 4.12. The second-order valence-corrected chi connectivity index (χ2v) is 5.58. The molecule has 1 atom stereocenters. The summed E-state index contributed by atoms with van der Waals surface area (Å²) in [6.07, 6.45) is 4.22. The maximum Gasteiger partial charge on any atom is 0.317 e. The molecule has 0 saturated carbocycles. The summed E-state index contributed by atoms with van der Waals surface area (Å²) in [5.41, 5.74) is 0. The largest absolute Gasteiger partial charge is 0.347 e. The van der Waals surface area contributed by atoms with E-state index in [1.54, 1.807) is 0 Å². The molecule has 0 aromatic carbocycles. The Morgan fingerprint density at radius 3 is 2.84 bits per heavy atom. The highest BCUT2D eigenvalue weighted by Gasteiger charge is 2.42. The van der Waals surface area contributed by atoms with Gasteiger partial charge in [-0.1, -0.05) is 13.3 Å². The first-order valence-electron chi connectivity index (χ1n) is 7.46. The Balaban J connectivity index is 1.84. The van der Waals surface area contributed by atoms with Gasteiger partial charge in [0.2, 0.25) is 0 Å². The van der Waals surface area contributed by atoms with Crippen molar-refractivity contribution < 1.29 is 14.3 Å². The van der Waals surface area contributed by atoms with Crippen LogP contribution >= 0.6 is 0 Å². The standard InChI is InChI=1S/C14H26N2O3/c1-3-4-7-15-13(17)16-8-5-6-12(11-16)14(2)18-9-10-19-14/h12H,3-11H2,1-2H3,(H,15,17)/t12-/m0/s1. The number of carbonyl (C=O) groups excluding carboxylic acids is 1. The molecule has 0 spiro atoms. The maximum atomic E-state index is 12.1. The highest BCUT2D eigenvalue weighted by Crippen LogP contribution is 2.33. The van der Waals surface area contributed by atoms with Gasteiger partial charge < -0.3 is 19.7 Å². The molecule has 2 rings (SSSR count). The molecule has 110 valence electrons. The molecular weight excluding hydrogens is 244 g/mol. The van der Waals surface area contributed by atoms with Crippen molar-refractivity contribution in [3.63, 3.8) is 0 Å². The van der Waals surface area contributed by atoms with Crippen LogP contribution in [0.5, 0.6) is 0 Å². The molecule has 0 aliphatic carbocycles. The van der Waals surface area contributed by atoms with Gasteiger partial charge in [-0.25, -0.2) is 4.79 Å². The van der Waals surface area contributed by atoms with Crippen molar-refractivity contribution in [2.75, 3.05) is 32.8 Å². The number of likely N-dealkylation sites (tertiary alicyclic amines) is 1. The summed E-state index contributed by atoms with van der Waals surface area (Å²) >= 11 is 0. The molecule has 0 aromatic heterocycles. The summed E-state index contributed by atoms with van der Waals surface area (Å²) in [5.74, 6) is -0.219. The van der Waals surface area contributed by atoms with Crippen LogP contribution in [0.2, 0.25) is 0 Å². The quantitative estimate of drug-likeness (QED) is 0.795. The normalized spacial score (nSPS) is 26.4. The van der Waals surface area contributed by atoms with Crippen LogP contribution in [0.3, 0.4) is 0 Å². The van der Waals surface area contributed by atoms with E-state index >= 15 is 0 Å². The number of carbonyl (C=O) groups is 1. The Morgan fingerprint density at radius 1 is 1.42 bits per heavy atom. The zero-order valence-corrected chi connectivity index (χ0v) is 12.1. The Morgan fingerprint density at radius 2 is 2.16 bits per heavy atom. The third kappa shape index (κ3) is 3.60. The number of ether oxygens (including phenoxy) is 2. The zero-order chi connectivity index (χ0) is 13.7. The Hall–Kier alpha value is -0.810. The van der Waals surface area contributed by atoms with Crippen LogP contribution in [0.15, 0.2) is 0 Å². The van der Waals surface area contributed by atoms with Crippen molar-refractivity contribution in [2.24, 2.45) is 5.92 Å². The van der Waals surface area contributed by atoms with Crippen molar-refractivity contribution in [3.05, 3.63) is 0 Å². The molecule has 2 aliphatic heterocycles. The minimum atomic E-state index is -0.498. The van der Waals surface area contributed by atoms with Crippen LogP contribution in [0.25, 0.3) is 0 Å². The molecule has 2 aliphatic rings. The van der Waals surface area contributed by atoms with E-state index in [1.165, 1.54) is 0 Å². The number of hydrogen-bond acceptors (Lipinski definition) is 3. The fraction of sp³-hybridized carbons (Fsp3) is 0.929. The first-order chi connectivity index (χ1) is 9.15. The molecule has 2 saturated heterocycles. The average molecular weight is 270 g/mol. The predicted octanol–water partition coefficient (Wildman–Crippen LogP) is 1.97. The molecule has 0 radical (unpaired) electrons. The van der Waals surface area contributed by atoms with Gasteiger partial charge >= 0.3 is 6.03 Å². The third-order valence-corrected chi connectivity index (χ3v) is 4.12. The fourth-order valence-corrected chi connectivity index (χ4v) is 2.84. The Bertz CT molecular complexity index is 303. The summed E-state index contributed by atoms with van der Waals surface area (Å²) in [4.78, 5) is 14.0. The molecule has 0 unspecified atom stereocenters. The van der Waals surface area contributed by atoms with Crippen LogP contribution in [0.4, 0.5) is 4.79 Å². The zero-order valence-electron chi connectivity index (χ0n) is 12.1. The van der Waals surface area contributed by atoms with Gasteiger partial charge in [-0.3, -0.25) is 0 Å². The van der Waals surface area contributed by atoms with Crippen LogP contribution < -0.4 is 5.32 Å². The smallest absolute Gasteiger partial charge is 0.317 e. The molecular formula is C14H26N2O3. The summed E-state index contributed by atoms with van der Waals surface area (Å²) in [6.45, 7) is 7.78. The molecule has 5 heteroatoms. The van der Waals surface area contributed by atoms with Gasteiger partial charge in [-0.15, -0.1) is 0 Å². The first-order valence-corrected chi connectivity index (χ1v) is 7.46. The molecule has 5 nitrogen and oxygen atoms in total. The van der Waals surface area contributed by atoms with Gasteiger partial charge in [-0.05, 0) is 26.2 Å². The molecule has 2 fully saturated rings. The lowest BCUT2D eigenvalue weighted by atomic mass is 9.90. The SMILES string of the molecule is CCCCNC(=O)N1CCC[C@H](C2(C)OCCO2)C1. The summed E-state index contributed by atoms with van der Waals surface area (Å²) in [7, 11) is 0. The highest BCUT2D eigenvalue weighted by atomic mass is 16.7. The second kappa shape index (κ2) is 6.57. The van der Waals surface area contributed by atoms with Gasteiger partial charge in [0.15, 0.2) is 5.79 Å². The van der Waals surface area contributed by atoms with Crippen LogP contribution in [0, 0.1) is 5.92 Å². The maximum absolute atomic E-state index is 12.1. The number of unbranched alkanes of at least 4 members (excludes halogenated alkanes) is 1. The minimum absolute atomic E-state index is 0.0553.